The molecule has 3 N–H and O–H groups in total. The lowest BCUT2D eigenvalue weighted by atomic mass is 10.4. The first-order chi connectivity index (χ1) is 4.20. The molecule has 0 aliphatic heterocycles. The van der Waals surface area contributed by atoms with Crippen molar-refractivity contribution in [2.45, 2.75) is 0 Å². The molecule has 0 radical (unpaired) electrons. The van der Waals surface area contributed by atoms with Crippen molar-refractivity contribution in [2.75, 3.05) is 0 Å². The minimum Gasteiger partial charge on any atom is -0.491 e. The molecule has 0 saturated heterocycles. The number of carbonyl (C=O) groups excluding carboxylic acids is 1. The van der Waals surface area contributed by atoms with Crippen LogP contribution in [0.25, 0.3) is 0 Å². The van der Waals surface area contributed by atoms with E-state index in [2.05, 4.69) is 9.68 Å². The zero-order valence-corrected chi connectivity index (χ0v) is 4.37. The summed E-state index contributed by atoms with van der Waals surface area (Å²) in [5, 5.41) is 11.5. The molecule has 5 nitrogen and oxygen atoms in total. The van der Waals surface area contributed by atoms with Gasteiger partial charge in [-0.05, 0) is 5.16 Å². The third-order valence-corrected chi connectivity index (χ3v) is 0.741. The van der Waals surface area contributed by atoms with Crippen LogP contribution in [0.15, 0.2) is 10.6 Å². The highest BCUT2D eigenvalue weighted by Crippen LogP contribution is 2.06. The van der Waals surface area contributed by atoms with Gasteiger partial charge in [-0.15, -0.1) is 0 Å². The zero-order chi connectivity index (χ0) is 6.85. The van der Waals surface area contributed by atoms with Gasteiger partial charge in [-0.2, -0.15) is 0 Å². The molecule has 9 heavy (non-hydrogen) atoms. The molecule has 1 aromatic heterocycles. The molecule has 0 aliphatic rings. The first kappa shape index (κ1) is 5.61. The van der Waals surface area contributed by atoms with Crippen molar-refractivity contribution in [3.8, 4) is 5.88 Å². The number of primary amides is 1. The smallest absolute Gasteiger partial charge is 0.287 e. The molecular weight excluding hydrogens is 124 g/mol. The predicted molar refractivity (Wildman–Crippen MR) is 26.7 cm³/mol. The van der Waals surface area contributed by atoms with Gasteiger partial charge in [0.1, 0.15) is 0 Å². The topological polar surface area (TPSA) is 89.4 Å². The number of amides is 1. The Bertz CT molecular complexity index is 229. The Kier molecular flexibility index (Phi) is 1.11. The predicted octanol–water partition coefficient (Wildman–Crippen LogP) is -0.521. The maximum absolute atomic E-state index is 10.2. The molecule has 0 bridgehead atoms. The van der Waals surface area contributed by atoms with Gasteiger partial charge < -0.3 is 15.4 Å². The summed E-state index contributed by atoms with van der Waals surface area (Å²) >= 11 is 0. The summed E-state index contributed by atoms with van der Waals surface area (Å²) in [6.45, 7) is 0. The van der Waals surface area contributed by atoms with Crippen molar-refractivity contribution in [1.82, 2.24) is 5.16 Å². The maximum Gasteiger partial charge on any atom is 0.287 e. The van der Waals surface area contributed by atoms with Gasteiger partial charge in [-0.25, -0.2) is 0 Å². The molecule has 5 heteroatoms. The monoisotopic (exact) mass is 128 g/mol. The van der Waals surface area contributed by atoms with E-state index in [1.807, 2.05) is 0 Å². The van der Waals surface area contributed by atoms with E-state index >= 15 is 0 Å². The molecule has 0 aliphatic carbocycles. The van der Waals surface area contributed by atoms with Crippen LogP contribution in [0.4, 0.5) is 0 Å². The standard InChI is InChI=1S/C4H4N2O3/c5-4(8)2-1-3(7)6-9-2/h1H,(H2,5,8)(H,6,7). The van der Waals surface area contributed by atoms with Crippen LogP contribution in [0.1, 0.15) is 10.6 Å². The number of hydrogen-bond donors (Lipinski definition) is 2. The lowest BCUT2D eigenvalue weighted by Crippen LogP contribution is -2.09. The van der Waals surface area contributed by atoms with Gasteiger partial charge in [0.05, 0.1) is 6.07 Å². The van der Waals surface area contributed by atoms with E-state index in [0.717, 1.165) is 6.07 Å². The number of aromatic hydroxyl groups is 1. The van der Waals surface area contributed by atoms with Crippen molar-refractivity contribution in [2.24, 2.45) is 5.73 Å². The highest BCUT2D eigenvalue weighted by molar-refractivity contribution is 5.89. The third kappa shape index (κ3) is 0.987. The molecule has 1 amide bonds. The van der Waals surface area contributed by atoms with Gasteiger partial charge in [-0.3, -0.25) is 4.79 Å². The van der Waals surface area contributed by atoms with E-state index in [4.69, 9.17) is 10.8 Å². The molecule has 1 aromatic rings. The Morgan fingerprint density at radius 2 is 2.56 bits per heavy atom. The molecule has 0 spiro atoms. The molecule has 0 unspecified atom stereocenters. The summed E-state index contributed by atoms with van der Waals surface area (Å²) < 4.78 is 4.25. The number of hydrogen-bond acceptors (Lipinski definition) is 4. The van der Waals surface area contributed by atoms with Crippen LogP contribution in [0.2, 0.25) is 0 Å². The van der Waals surface area contributed by atoms with E-state index < -0.39 is 5.91 Å². The maximum atomic E-state index is 10.2. The summed E-state index contributed by atoms with van der Waals surface area (Å²) in [4.78, 5) is 10.2. The van der Waals surface area contributed by atoms with E-state index in [0.29, 0.717) is 0 Å². The van der Waals surface area contributed by atoms with Crippen LogP contribution in [0.3, 0.4) is 0 Å². The Labute approximate surface area is 50.1 Å². The largest absolute Gasteiger partial charge is 0.491 e. The van der Waals surface area contributed by atoms with E-state index in [1.54, 1.807) is 0 Å². The van der Waals surface area contributed by atoms with E-state index in [9.17, 15) is 4.79 Å². The summed E-state index contributed by atoms with van der Waals surface area (Å²) in [5.41, 5.74) is 4.74. The molecular formula is C4H4N2O3. The van der Waals surface area contributed by atoms with Crippen molar-refractivity contribution in [1.29, 1.82) is 0 Å². The van der Waals surface area contributed by atoms with Crippen LogP contribution in [-0.2, 0) is 0 Å². The van der Waals surface area contributed by atoms with Crippen LogP contribution in [0.5, 0.6) is 5.88 Å². The molecule has 0 saturated carbocycles. The summed E-state index contributed by atoms with van der Waals surface area (Å²) in [7, 11) is 0. The fourth-order valence-electron chi connectivity index (χ4n) is 0.382. The zero-order valence-electron chi connectivity index (χ0n) is 4.37. The number of nitrogens with two attached hydrogens (primary N) is 1. The van der Waals surface area contributed by atoms with Gasteiger partial charge in [0, 0.05) is 0 Å². The highest BCUT2D eigenvalue weighted by Gasteiger charge is 2.06. The highest BCUT2D eigenvalue weighted by atomic mass is 16.5. The minimum atomic E-state index is -0.747. The third-order valence-electron chi connectivity index (χ3n) is 0.741. The Morgan fingerprint density at radius 1 is 1.89 bits per heavy atom. The SMILES string of the molecule is NC(=O)c1cc(O)no1. The van der Waals surface area contributed by atoms with Gasteiger partial charge in [-0.1, -0.05) is 0 Å². The van der Waals surface area contributed by atoms with E-state index in [-0.39, 0.29) is 11.6 Å². The average molecular weight is 128 g/mol. The van der Waals surface area contributed by atoms with E-state index in [1.165, 1.54) is 0 Å². The summed E-state index contributed by atoms with van der Waals surface area (Å²) in [6.07, 6.45) is 0. The fourth-order valence-corrected chi connectivity index (χ4v) is 0.382. The molecule has 0 atom stereocenters. The first-order valence-electron chi connectivity index (χ1n) is 2.15. The molecule has 1 rings (SSSR count). The lowest BCUT2D eigenvalue weighted by Gasteiger charge is -1.77. The molecule has 1 heterocycles. The molecule has 0 aromatic carbocycles. The second-order valence-electron chi connectivity index (χ2n) is 1.41. The van der Waals surface area contributed by atoms with Crippen LogP contribution in [-0.4, -0.2) is 16.2 Å². The number of aromatic nitrogens is 1. The second-order valence-corrected chi connectivity index (χ2v) is 1.41. The van der Waals surface area contributed by atoms with Crippen molar-refractivity contribution in [3.05, 3.63) is 11.8 Å². The fraction of sp³-hybridized carbons (Fsp3) is 0. The minimum absolute atomic E-state index is 0.146. The average Bonchev–Trinajstić information content (AvgIpc) is 2.14. The first-order valence-corrected chi connectivity index (χ1v) is 2.15. The van der Waals surface area contributed by atoms with Crippen molar-refractivity contribution in [3.63, 3.8) is 0 Å². The van der Waals surface area contributed by atoms with Crippen LogP contribution >= 0.6 is 0 Å². The second kappa shape index (κ2) is 1.77. The number of rotatable bonds is 1. The Balaban J connectivity index is 2.98. The quantitative estimate of drug-likeness (QED) is 0.532. The van der Waals surface area contributed by atoms with Gasteiger partial charge in [0.25, 0.3) is 11.8 Å². The lowest BCUT2D eigenvalue weighted by molar-refractivity contribution is 0.0965. The normalized spacial score (nSPS) is 9.33. The van der Waals surface area contributed by atoms with Crippen LogP contribution < -0.4 is 5.73 Å². The summed E-state index contributed by atoms with van der Waals surface area (Å²) in [5.74, 6) is -1.24. The van der Waals surface area contributed by atoms with Gasteiger partial charge in [0.2, 0.25) is 5.76 Å². The summed E-state index contributed by atoms with van der Waals surface area (Å²) in [6, 6.07) is 1.04. The Morgan fingerprint density at radius 3 is 2.78 bits per heavy atom. The van der Waals surface area contributed by atoms with Crippen molar-refractivity contribution < 1.29 is 14.4 Å². The molecule has 0 fully saturated rings. The Hall–Kier alpha value is -1.52. The number of carbonyl (C=O) groups is 1. The number of nitrogens with zero attached hydrogens (tertiary/aromatic N) is 1. The van der Waals surface area contributed by atoms with Crippen molar-refractivity contribution >= 4 is 5.91 Å². The van der Waals surface area contributed by atoms with Crippen LogP contribution in [0, 0.1) is 0 Å². The van der Waals surface area contributed by atoms with Gasteiger partial charge >= 0.3 is 0 Å². The molecule has 48 valence electrons. The van der Waals surface area contributed by atoms with Gasteiger partial charge in [0.15, 0.2) is 0 Å².